The summed E-state index contributed by atoms with van der Waals surface area (Å²) in [6.45, 7) is 2.71. The lowest BCUT2D eigenvalue weighted by molar-refractivity contribution is -0.122. The lowest BCUT2D eigenvalue weighted by Crippen LogP contribution is -2.28. The molecule has 2 amide bonds. The number of hydrogen-bond acceptors (Lipinski definition) is 4. The molecule has 0 N–H and O–H groups in total. The number of amides is 2. The topological polar surface area (TPSA) is 46.6 Å². The lowest BCUT2D eigenvalue weighted by Gasteiger charge is -2.10. The van der Waals surface area contributed by atoms with Crippen molar-refractivity contribution in [3.8, 4) is 5.75 Å². The summed E-state index contributed by atoms with van der Waals surface area (Å²) in [5.74, 6) is 0.190. The van der Waals surface area contributed by atoms with Crippen molar-refractivity contribution in [1.82, 2.24) is 4.90 Å². The third-order valence-corrected chi connectivity index (χ3v) is 5.63. The summed E-state index contributed by atoms with van der Waals surface area (Å²) in [6.07, 6.45) is 2.47. The van der Waals surface area contributed by atoms with Gasteiger partial charge in [0.25, 0.3) is 11.1 Å². The van der Waals surface area contributed by atoms with Crippen LogP contribution < -0.4 is 4.74 Å². The predicted octanol–water partition coefficient (Wildman–Crippen LogP) is 5.46. The van der Waals surface area contributed by atoms with Crippen LogP contribution in [0.15, 0.2) is 47.4 Å². The Morgan fingerprint density at radius 2 is 1.93 bits per heavy atom. The molecular weight excluding hydrogens is 480 g/mol. The highest BCUT2D eigenvalue weighted by atomic mass is 127. The van der Waals surface area contributed by atoms with Gasteiger partial charge in [-0.3, -0.25) is 14.5 Å². The summed E-state index contributed by atoms with van der Waals surface area (Å²) < 4.78 is 19.6. The molecule has 0 bridgehead atoms. The van der Waals surface area contributed by atoms with Crippen molar-refractivity contribution >= 4 is 51.6 Å². The summed E-state index contributed by atoms with van der Waals surface area (Å²) in [5, 5.41) is -0.220. The first-order chi connectivity index (χ1) is 13.0. The summed E-state index contributed by atoms with van der Waals surface area (Å²) in [4.78, 5) is 25.9. The van der Waals surface area contributed by atoms with Gasteiger partial charge in [0, 0.05) is 6.54 Å². The normalized spacial score (nSPS) is 15.7. The van der Waals surface area contributed by atoms with Crippen LogP contribution in [0.5, 0.6) is 5.75 Å². The molecule has 7 heteroatoms. The SMILES string of the molecule is CCCN1C(=O)S/C(=C/c2ccc(OCc3ccc(F)cc3)c(I)c2)C1=O. The van der Waals surface area contributed by atoms with E-state index >= 15 is 0 Å². The third kappa shape index (κ3) is 4.90. The molecule has 27 heavy (non-hydrogen) atoms. The number of imide groups is 1. The van der Waals surface area contributed by atoms with Crippen LogP contribution >= 0.6 is 34.4 Å². The van der Waals surface area contributed by atoms with Gasteiger partial charge in [0.05, 0.1) is 8.48 Å². The lowest BCUT2D eigenvalue weighted by atomic mass is 10.2. The van der Waals surface area contributed by atoms with Crippen LogP contribution in [0, 0.1) is 9.39 Å². The Morgan fingerprint density at radius 1 is 1.19 bits per heavy atom. The molecule has 1 fully saturated rings. The van der Waals surface area contributed by atoms with E-state index < -0.39 is 0 Å². The van der Waals surface area contributed by atoms with Crippen molar-refractivity contribution in [2.45, 2.75) is 20.0 Å². The number of rotatable bonds is 6. The van der Waals surface area contributed by atoms with Crippen molar-refractivity contribution < 1.29 is 18.7 Å². The number of ether oxygens (including phenoxy) is 1. The molecule has 0 unspecified atom stereocenters. The zero-order valence-electron chi connectivity index (χ0n) is 14.6. The highest BCUT2D eigenvalue weighted by molar-refractivity contribution is 14.1. The number of hydrogen-bond donors (Lipinski definition) is 0. The first-order valence-corrected chi connectivity index (χ1v) is 10.3. The molecule has 1 aliphatic rings. The van der Waals surface area contributed by atoms with Crippen molar-refractivity contribution in [1.29, 1.82) is 0 Å². The monoisotopic (exact) mass is 497 g/mol. The molecule has 1 saturated heterocycles. The highest BCUT2D eigenvalue weighted by Crippen LogP contribution is 2.33. The van der Waals surface area contributed by atoms with Crippen LogP contribution in [0.4, 0.5) is 9.18 Å². The second-order valence-electron chi connectivity index (χ2n) is 5.94. The van der Waals surface area contributed by atoms with Crippen molar-refractivity contribution in [2.24, 2.45) is 0 Å². The fourth-order valence-electron chi connectivity index (χ4n) is 2.53. The number of carbonyl (C=O) groups excluding carboxylic acids is 2. The molecular formula is C20H17FINO3S. The molecule has 2 aromatic rings. The summed E-state index contributed by atoms with van der Waals surface area (Å²) >= 11 is 3.13. The molecule has 140 valence electrons. The van der Waals surface area contributed by atoms with E-state index in [-0.39, 0.29) is 17.0 Å². The third-order valence-electron chi connectivity index (χ3n) is 3.88. The first-order valence-electron chi connectivity index (χ1n) is 8.40. The summed E-state index contributed by atoms with van der Waals surface area (Å²) in [6, 6.07) is 11.7. The Morgan fingerprint density at radius 3 is 2.59 bits per heavy atom. The smallest absolute Gasteiger partial charge is 0.293 e. The molecule has 1 heterocycles. The maximum Gasteiger partial charge on any atom is 0.293 e. The van der Waals surface area contributed by atoms with E-state index in [1.807, 2.05) is 25.1 Å². The van der Waals surface area contributed by atoms with E-state index in [2.05, 4.69) is 22.6 Å². The number of nitrogens with zero attached hydrogens (tertiary/aromatic N) is 1. The van der Waals surface area contributed by atoms with Crippen LogP contribution in [0.2, 0.25) is 0 Å². The molecule has 1 aliphatic heterocycles. The van der Waals surface area contributed by atoms with Gasteiger partial charge in [-0.25, -0.2) is 4.39 Å². The standard InChI is InChI=1S/C20H17FINO3S/c1-2-9-23-19(24)18(27-20(23)25)11-14-5-8-17(16(22)10-14)26-12-13-3-6-15(21)7-4-13/h3-8,10-11H,2,9,12H2,1H3/b18-11+. The van der Waals surface area contributed by atoms with Gasteiger partial charge in [0.15, 0.2) is 0 Å². The van der Waals surface area contributed by atoms with Crippen LogP contribution in [-0.4, -0.2) is 22.6 Å². The number of carbonyl (C=O) groups is 2. The molecule has 0 atom stereocenters. The molecule has 0 aliphatic carbocycles. The van der Waals surface area contributed by atoms with Gasteiger partial charge >= 0.3 is 0 Å². The van der Waals surface area contributed by atoms with E-state index in [1.54, 1.807) is 18.2 Å². The average Bonchev–Trinajstić information content (AvgIpc) is 2.90. The zero-order valence-corrected chi connectivity index (χ0v) is 17.6. The number of thioether (sulfide) groups is 1. The molecule has 0 spiro atoms. The first kappa shape index (κ1) is 19.9. The van der Waals surface area contributed by atoms with Gasteiger partial charge in [-0.15, -0.1) is 0 Å². The minimum atomic E-state index is -0.277. The number of halogens is 2. The maximum atomic E-state index is 12.9. The molecule has 4 nitrogen and oxygen atoms in total. The van der Waals surface area contributed by atoms with Crippen LogP contribution in [0.3, 0.4) is 0 Å². The largest absolute Gasteiger partial charge is 0.488 e. The highest BCUT2D eigenvalue weighted by Gasteiger charge is 2.34. The Kier molecular flexibility index (Phi) is 6.54. The minimum absolute atomic E-state index is 0.220. The fraction of sp³-hybridized carbons (Fsp3) is 0.200. The Balaban J connectivity index is 1.70. The van der Waals surface area contributed by atoms with Crippen molar-refractivity contribution in [3.63, 3.8) is 0 Å². The quantitative estimate of drug-likeness (QED) is 0.393. The second kappa shape index (κ2) is 8.88. The summed E-state index contributed by atoms with van der Waals surface area (Å²) in [5.41, 5.74) is 1.71. The summed E-state index contributed by atoms with van der Waals surface area (Å²) in [7, 11) is 0. The molecule has 0 saturated carbocycles. The van der Waals surface area contributed by atoms with E-state index in [0.29, 0.717) is 23.8 Å². The molecule has 2 aromatic carbocycles. The fourth-order valence-corrected chi connectivity index (χ4v) is 4.09. The van der Waals surface area contributed by atoms with Crippen molar-refractivity contribution in [3.05, 3.63) is 67.9 Å². The average molecular weight is 497 g/mol. The van der Waals surface area contributed by atoms with Gasteiger partial charge in [0.2, 0.25) is 0 Å². The van der Waals surface area contributed by atoms with E-state index in [1.165, 1.54) is 17.0 Å². The Bertz CT molecular complexity index is 899. The van der Waals surface area contributed by atoms with Crippen LogP contribution in [0.1, 0.15) is 24.5 Å². The van der Waals surface area contributed by atoms with Gasteiger partial charge in [0.1, 0.15) is 18.2 Å². The maximum absolute atomic E-state index is 12.9. The second-order valence-corrected chi connectivity index (χ2v) is 8.09. The van der Waals surface area contributed by atoms with Gasteiger partial charge in [-0.1, -0.05) is 25.1 Å². The van der Waals surface area contributed by atoms with Crippen LogP contribution in [0.25, 0.3) is 6.08 Å². The molecule has 0 radical (unpaired) electrons. The Hall–Kier alpha value is -1.87. The van der Waals surface area contributed by atoms with Crippen LogP contribution in [-0.2, 0) is 11.4 Å². The Labute approximate surface area is 174 Å². The molecule has 3 rings (SSSR count). The van der Waals surface area contributed by atoms with Gasteiger partial charge in [-0.05, 0) is 82.2 Å². The number of benzene rings is 2. The van der Waals surface area contributed by atoms with Gasteiger partial charge < -0.3 is 4.74 Å². The minimum Gasteiger partial charge on any atom is -0.488 e. The van der Waals surface area contributed by atoms with E-state index in [0.717, 1.165) is 32.9 Å². The van der Waals surface area contributed by atoms with Crippen molar-refractivity contribution in [2.75, 3.05) is 6.54 Å². The predicted molar refractivity (Wildman–Crippen MR) is 113 cm³/mol. The molecule has 0 aromatic heterocycles. The zero-order chi connectivity index (χ0) is 19.4. The van der Waals surface area contributed by atoms with E-state index in [9.17, 15) is 14.0 Å². The van der Waals surface area contributed by atoms with Gasteiger partial charge in [-0.2, -0.15) is 0 Å². The van der Waals surface area contributed by atoms with E-state index in [4.69, 9.17) is 4.74 Å².